The quantitative estimate of drug-likeness (QED) is 0.616. The summed E-state index contributed by atoms with van der Waals surface area (Å²) in [4.78, 5) is 22.2. The molecular weight excluding hydrogens is 403 g/mol. The number of pyridine rings is 2. The number of halogens is 3. The number of rotatable bonds is 6. The number of aliphatic hydroxyl groups excluding tert-OH is 1. The zero-order valence-electron chi connectivity index (χ0n) is 16.2. The molecule has 0 saturated carbocycles. The van der Waals surface area contributed by atoms with Crippen molar-refractivity contribution in [1.29, 1.82) is 0 Å². The van der Waals surface area contributed by atoms with Gasteiger partial charge < -0.3 is 15.2 Å². The zero-order valence-corrected chi connectivity index (χ0v) is 16.2. The summed E-state index contributed by atoms with van der Waals surface area (Å²) >= 11 is 0. The highest BCUT2D eigenvalue weighted by molar-refractivity contribution is 6.02. The molecule has 0 bridgehead atoms. The van der Waals surface area contributed by atoms with E-state index in [0.717, 1.165) is 11.6 Å². The molecule has 0 radical (unpaired) electrons. The molecule has 1 atom stereocenters. The number of methoxy groups -OCH3 is 1. The fourth-order valence-electron chi connectivity index (χ4n) is 3.25. The smallest absolute Gasteiger partial charge is 0.394 e. The molecule has 1 aliphatic rings. The molecule has 2 aromatic rings. The van der Waals surface area contributed by atoms with Crippen LogP contribution in [0, 0.1) is 0 Å². The lowest BCUT2D eigenvalue weighted by atomic mass is 9.99. The highest BCUT2D eigenvalue weighted by atomic mass is 19.4. The minimum atomic E-state index is -4.61. The fourth-order valence-corrected chi connectivity index (χ4v) is 3.25. The van der Waals surface area contributed by atoms with Crippen molar-refractivity contribution in [3.05, 3.63) is 41.7 Å². The van der Waals surface area contributed by atoms with E-state index in [-0.39, 0.29) is 31.3 Å². The average molecular weight is 425 g/mol. The summed E-state index contributed by atoms with van der Waals surface area (Å²) in [6, 6.07) is 3.58. The molecule has 1 aliphatic heterocycles. The highest BCUT2D eigenvalue weighted by Gasteiger charge is 2.35. The first kappa shape index (κ1) is 21.8. The molecule has 2 aromatic heterocycles. The van der Waals surface area contributed by atoms with Crippen LogP contribution in [0.4, 0.5) is 35.3 Å². The summed E-state index contributed by atoms with van der Waals surface area (Å²) in [6.45, 7) is 0.0798. The van der Waals surface area contributed by atoms with Crippen molar-refractivity contribution in [1.82, 2.24) is 9.97 Å². The number of anilines is 3. The van der Waals surface area contributed by atoms with E-state index >= 15 is 0 Å². The average Bonchev–Trinajstić information content (AvgIpc) is 2.72. The minimum Gasteiger partial charge on any atom is -0.394 e. The second-order valence-electron chi connectivity index (χ2n) is 6.69. The number of carbonyl (C=O) groups is 1. The van der Waals surface area contributed by atoms with Crippen LogP contribution in [-0.2, 0) is 17.3 Å². The lowest BCUT2D eigenvalue weighted by Gasteiger charge is -2.34. The van der Waals surface area contributed by atoms with Crippen LogP contribution in [0.25, 0.3) is 0 Å². The van der Waals surface area contributed by atoms with Crippen molar-refractivity contribution in [2.75, 3.05) is 42.4 Å². The van der Waals surface area contributed by atoms with E-state index in [2.05, 4.69) is 20.6 Å². The molecule has 3 heterocycles. The SMILES string of the molecule is COCCNc1cc(NC(=O)N2c3ncccc3CCC2CO)ncc1C(F)(F)F. The predicted molar refractivity (Wildman–Crippen MR) is 105 cm³/mol. The van der Waals surface area contributed by atoms with E-state index in [0.29, 0.717) is 24.9 Å². The van der Waals surface area contributed by atoms with Crippen molar-refractivity contribution in [3.63, 3.8) is 0 Å². The van der Waals surface area contributed by atoms with E-state index in [4.69, 9.17) is 4.74 Å². The van der Waals surface area contributed by atoms with Gasteiger partial charge in [-0.3, -0.25) is 10.2 Å². The van der Waals surface area contributed by atoms with E-state index < -0.39 is 23.8 Å². The van der Waals surface area contributed by atoms with Gasteiger partial charge in [-0.2, -0.15) is 13.2 Å². The number of aliphatic hydroxyl groups is 1. The number of aryl methyl sites for hydroxylation is 1. The van der Waals surface area contributed by atoms with Gasteiger partial charge >= 0.3 is 12.2 Å². The molecule has 8 nitrogen and oxygen atoms in total. The van der Waals surface area contributed by atoms with Crippen LogP contribution < -0.4 is 15.5 Å². The van der Waals surface area contributed by atoms with Gasteiger partial charge in [-0.15, -0.1) is 0 Å². The summed E-state index contributed by atoms with van der Waals surface area (Å²) < 4.78 is 44.6. The van der Waals surface area contributed by atoms with Gasteiger partial charge in [0.15, 0.2) is 0 Å². The van der Waals surface area contributed by atoms with E-state index in [1.807, 2.05) is 6.07 Å². The first-order valence-corrected chi connectivity index (χ1v) is 9.30. The van der Waals surface area contributed by atoms with Crippen molar-refractivity contribution >= 4 is 23.4 Å². The Bertz CT molecular complexity index is 894. The number of hydrogen-bond acceptors (Lipinski definition) is 6. The maximum Gasteiger partial charge on any atom is 0.419 e. The number of nitrogens with one attached hydrogen (secondary N) is 2. The number of fused-ring (bicyclic) bond motifs is 1. The molecule has 0 aromatic carbocycles. The van der Waals surface area contributed by atoms with Crippen LogP contribution in [-0.4, -0.2) is 54.0 Å². The van der Waals surface area contributed by atoms with Gasteiger partial charge in [-0.05, 0) is 24.5 Å². The fraction of sp³-hybridized carbons (Fsp3) is 0.421. The van der Waals surface area contributed by atoms with Crippen molar-refractivity contribution in [2.45, 2.75) is 25.1 Å². The normalized spacial score (nSPS) is 16.2. The molecule has 30 heavy (non-hydrogen) atoms. The Labute approximate surface area is 171 Å². The van der Waals surface area contributed by atoms with Gasteiger partial charge in [0.1, 0.15) is 11.6 Å². The number of alkyl halides is 3. The van der Waals surface area contributed by atoms with Gasteiger partial charge in [-0.1, -0.05) is 6.07 Å². The summed E-state index contributed by atoms with van der Waals surface area (Å²) in [7, 11) is 1.44. The lowest BCUT2D eigenvalue weighted by Crippen LogP contribution is -2.48. The number of aromatic nitrogens is 2. The Kier molecular flexibility index (Phi) is 6.73. The van der Waals surface area contributed by atoms with E-state index in [9.17, 15) is 23.1 Å². The first-order chi connectivity index (χ1) is 14.3. The monoisotopic (exact) mass is 425 g/mol. The number of nitrogens with zero attached hydrogens (tertiary/aromatic N) is 3. The standard InChI is InChI=1S/C19H22F3N5O3/c1-30-8-7-23-15-9-16(25-10-14(15)19(20,21)22)26-18(29)27-13(11-28)5-4-12-3-2-6-24-17(12)27/h2-3,6,9-10,13,28H,4-5,7-8,11H2,1H3,(H2,23,25,26,29). The van der Waals surface area contributed by atoms with Crippen molar-refractivity contribution in [3.8, 4) is 0 Å². The molecule has 3 N–H and O–H groups in total. The maximum atomic E-state index is 13.3. The number of carbonyl (C=O) groups excluding carboxylic acids is 1. The van der Waals surface area contributed by atoms with Gasteiger partial charge in [-0.25, -0.2) is 14.8 Å². The first-order valence-electron chi connectivity index (χ1n) is 9.30. The van der Waals surface area contributed by atoms with Gasteiger partial charge in [0.05, 0.1) is 30.5 Å². The Balaban J connectivity index is 1.86. The molecule has 3 rings (SSSR count). The minimum absolute atomic E-state index is 0.0624. The summed E-state index contributed by atoms with van der Waals surface area (Å²) in [5.41, 5.74) is -0.324. The molecule has 162 valence electrons. The van der Waals surface area contributed by atoms with Crippen LogP contribution >= 0.6 is 0 Å². The predicted octanol–water partition coefficient (Wildman–Crippen LogP) is 2.90. The third-order valence-electron chi connectivity index (χ3n) is 4.70. The zero-order chi connectivity index (χ0) is 21.7. The molecule has 0 saturated heterocycles. The Morgan fingerprint density at radius 3 is 2.90 bits per heavy atom. The molecule has 0 fully saturated rings. The Hall–Kier alpha value is -2.92. The topological polar surface area (TPSA) is 99.6 Å². The highest BCUT2D eigenvalue weighted by Crippen LogP contribution is 2.35. The summed E-state index contributed by atoms with van der Waals surface area (Å²) in [6.07, 6.45) is -1.22. The largest absolute Gasteiger partial charge is 0.419 e. The summed E-state index contributed by atoms with van der Waals surface area (Å²) in [5.74, 6) is 0.346. The molecule has 2 amide bonds. The van der Waals surface area contributed by atoms with E-state index in [1.54, 1.807) is 6.07 Å². The van der Waals surface area contributed by atoms with Gasteiger partial charge in [0.2, 0.25) is 0 Å². The lowest BCUT2D eigenvalue weighted by molar-refractivity contribution is -0.137. The Morgan fingerprint density at radius 1 is 1.40 bits per heavy atom. The maximum absolute atomic E-state index is 13.3. The molecule has 1 unspecified atom stereocenters. The van der Waals surface area contributed by atoms with Crippen molar-refractivity contribution in [2.24, 2.45) is 0 Å². The Morgan fingerprint density at radius 2 is 2.20 bits per heavy atom. The van der Waals surface area contributed by atoms with Gasteiger partial charge in [0, 0.05) is 32.1 Å². The van der Waals surface area contributed by atoms with Crippen molar-refractivity contribution < 1.29 is 27.8 Å². The molecule has 0 aliphatic carbocycles. The summed E-state index contributed by atoms with van der Waals surface area (Å²) in [5, 5.41) is 14.8. The third-order valence-corrected chi connectivity index (χ3v) is 4.70. The molecular formula is C19H22F3N5O3. The number of ether oxygens (including phenoxy) is 1. The number of urea groups is 1. The number of amides is 2. The number of hydrogen-bond donors (Lipinski definition) is 3. The van der Waals surface area contributed by atoms with Crippen LogP contribution in [0.1, 0.15) is 17.5 Å². The molecule has 11 heteroatoms. The van der Waals surface area contributed by atoms with Crippen LogP contribution in [0.3, 0.4) is 0 Å². The van der Waals surface area contributed by atoms with Crippen LogP contribution in [0.15, 0.2) is 30.6 Å². The second kappa shape index (κ2) is 9.26. The second-order valence-corrected chi connectivity index (χ2v) is 6.69. The van der Waals surface area contributed by atoms with E-state index in [1.165, 1.54) is 18.2 Å². The molecule has 0 spiro atoms. The van der Waals surface area contributed by atoms with Crippen LogP contribution in [0.2, 0.25) is 0 Å². The third kappa shape index (κ3) is 4.79. The van der Waals surface area contributed by atoms with Gasteiger partial charge in [0.25, 0.3) is 0 Å². The van der Waals surface area contributed by atoms with Crippen LogP contribution in [0.5, 0.6) is 0 Å².